The van der Waals surface area contributed by atoms with Gasteiger partial charge < -0.3 is 1.43 Å². The number of nitrogens with one attached hydrogen (secondary N) is 1. The van der Waals surface area contributed by atoms with Crippen LogP contribution in [0.4, 0.5) is 17.1 Å². The molecule has 0 aliphatic heterocycles. The first kappa shape index (κ1) is 16.6. The Hall–Kier alpha value is 1.22. The van der Waals surface area contributed by atoms with Gasteiger partial charge in [-0.1, -0.05) is 8.01 Å². The zero-order valence-corrected chi connectivity index (χ0v) is 10.7. The monoisotopic (exact) mass is 271 g/mol. The van der Waals surface area contributed by atoms with Crippen LogP contribution in [0.3, 0.4) is 0 Å². The van der Waals surface area contributed by atoms with Crippen LogP contribution in [0.2, 0.25) is 0 Å². The molecule has 0 unspecified atom stereocenters. The number of sulfonamides is 1. The van der Waals surface area contributed by atoms with Crippen LogP contribution in [0.5, 0.6) is 0 Å². The van der Waals surface area contributed by atoms with Crippen molar-refractivity contribution in [2.45, 2.75) is 5.51 Å². The predicted molar refractivity (Wildman–Crippen MR) is 29.3 cm³/mol. The number of hydrogen-bond acceptors (Lipinski definition) is 4. The fourth-order valence-electron chi connectivity index (χ4n) is 0.178. The summed E-state index contributed by atoms with van der Waals surface area (Å²) >= 11 is 0. The normalized spacial score (nSPS) is 13.5. The van der Waals surface area contributed by atoms with Crippen LogP contribution in [0.25, 0.3) is 0 Å². The molecule has 0 heterocycles. The molecule has 12 heteroatoms. The van der Waals surface area contributed by atoms with Gasteiger partial charge in [-0.3, -0.25) is 0 Å². The molecule has 0 aromatic carbocycles. The van der Waals surface area contributed by atoms with E-state index in [9.17, 15) is 33.9 Å². The van der Waals surface area contributed by atoms with E-state index in [0.29, 0.717) is 0 Å². The maximum atomic E-state index is 11.4. The van der Waals surface area contributed by atoms with Crippen LogP contribution in [0, 0.1) is 0 Å². The summed E-state index contributed by atoms with van der Waals surface area (Å²) in [5, 5.41) is 0. The third-order valence-electron chi connectivity index (χ3n) is 0.514. The quantitative estimate of drug-likeness (QED) is 0.325. The minimum atomic E-state index is -6.17. The summed E-state index contributed by atoms with van der Waals surface area (Å²) in [7, 11) is -12.1. The van der Waals surface area contributed by atoms with Gasteiger partial charge >= 0.3 is 77.3 Å². The van der Waals surface area contributed by atoms with E-state index >= 15 is 0 Å². The molecule has 0 spiro atoms. The SMILES string of the molecule is O=S(=O)(F)NS(=O)(=O)C(F)(F)F.[H-].[K+]. The minimum Gasteiger partial charge on any atom is -1.00 e. The molecule has 0 aliphatic rings. The van der Waals surface area contributed by atoms with Crippen LogP contribution >= 0.6 is 0 Å². The second-order valence-corrected chi connectivity index (χ2v) is 4.48. The number of alkyl halides is 3. The summed E-state index contributed by atoms with van der Waals surface area (Å²) in [6, 6.07) is 0. The van der Waals surface area contributed by atoms with Gasteiger partial charge in [-0.15, -0.1) is 0 Å². The van der Waals surface area contributed by atoms with Crippen molar-refractivity contribution in [1.82, 2.24) is 4.13 Å². The third-order valence-corrected chi connectivity index (χ3v) is 2.80. The largest absolute Gasteiger partial charge is 1.00 e. The van der Waals surface area contributed by atoms with Gasteiger partial charge in [0, 0.05) is 0 Å². The van der Waals surface area contributed by atoms with Gasteiger partial charge in [0.05, 0.1) is 0 Å². The van der Waals surface area contributed by atoms with Crippen molar-refractivity contribution < 1.29 is 86.7 Å². The molecule has 0 aliphatic carbocycles. The van der Waals surface area contributed by atoms with Gasteiger partial charge in [0.15, 0.2) is 0 Å². The number of rotatable bonds is 2. The van der Waals surface area contributed by atoms with E-state index in [1.54, 1.807) is 0 Å². The van der Waals surface area contributed by atoms with E-state index in [0.717, 1.165) is 0 Å². The Morgan fingerprint density at radius 2 is 1.38 bits per heavy atom. The van der Waals surface area contributed by atoms with Crippen LogP contribution in [0.15, 0.2) is 0 Å². The Balaban J connectivity index is -0.000000605. The predicted octanol–water partition coefficient (Wildman–Crippen LogP) is -3.24. The molecule has 0 aromatic heterocycles. The molecule has 0 rings (SSSR count). The van der Waals surface area contributed by atoms with Crippen LogP contribution in [0.1, 0.15) is 1.43 Å². The molecule has 1 N–H and O–H groups in total. The van der Waals surface area contributed by atoms with Gasteiger partial charge in [-0.05, 0) is 0 Å². The molecule has 0 bridgehead atoms. The van der Waals surface area contributed by atoms with Gasteiger partial charge in [-0.25, -0.2) is 8.42 Å². The smallest absolute Gasteiger partial charge is 1.00 e. The first-order valence-corrected chi connectivity index (χ1v) is 4.87. The van der Waals surface area contributed by atoms with Gasteiger partial charge in [-0.2, -0.15) is 21.6 Å². The first-order chi connectivity index (χ1) is 4.96. The first-order valence-electron chi connectivity index (χ1n) is 2.00. The zero-order valence-electron chi connectivity index (χ0n) is 6.96. The molecular weight excluding hydrogens is 269 g/mol. The second kappa shape index (κ2) is 4.83. The molecule has 0 amide bonds. The van der Waals surface area contributed by atoms with Crippen molar-refractivity contribution in [3.63, 3.8) is 0 Å². The topological polar surface area (TPSA) is 80.3 Å². The minimum absolute atomic E-state index is 0. The Labute approximate surface area is 115 Å². The van der Waals surface area contributed by atoms with Crippen molar-refractivity contribution in [2.75, 3.05) is 0 Å². The Bertz CT molecular complexity index is 359. The molecule has 13 heavy (non-hydrogen) atoms. The molecule has 0 radical (unpaired) electrons. The maximum absolute atomic E-state index is 11.4. The second-order valence-electron chi connectivity index (χ2n) is 1.47. The standard InChI is InChI=1S/CHF4NO4S2.K.H/c2-1(3,4)11(7,8)6-12(5,9)10;;/h6H;;/q;+1;-1. The Morgan fingerprint density at radius 1 is 1.08 bits per heavy atom. The molecule has 76 valence electrons. The van der Waals surface area contributed by atoms with E-state index in [2.05, 4.69) is 0 Å². The number of halogens is 4. The summed E-state index contributed by atoms with van der Waals surface area (Å²) in [5.41, 5.74) is -5.86. The van der Waals surface area contributed by atoms with Crippen LogP contribution < -0.4 is 55.5 Å². The Morgan fingerprint density at radius 3 is 1.46 bits per heavy atom. The fraction of sp³-hybridized carbons (Fsp3) is 1.00. The summed E-state index contributed by atoms with van der Waals surface area (Å²) in [5.74, 6) is 0. The molecule has 0 saturated heterocycles. The third kappa shape index (κ3) is 6.32. The average molecular weight is 271 g/mol. The molecule has 0 saturated carbocycles. The number of hydrogen-bond donors (Lipinski definition) is 1. The Kier molecular flexibility index (Phi) is 6.18. The molecular formula is CH2F4KNO4S2. The summed E-state index contributed by atoms with van der Waals surface area (Å²) in [6.07, 6.45) is 0. The van der Waals surface area contributed by atoms with Crippen molar-refractivity contribution in [2.24, 2.45) is 0 Å². The maximum Gasteiger partial charge on any atom is 1.00 e. The van der Waals surface area contributed by atoms with E-state index in [-0.39, 0.29) is 56.9 Å². The molecule has 0 atom stereocenters. The fourth-order valence-corrected chi connectivity index (χ4v) is 1.60. The molecule has 0 aromatic rings. The van der Waals surface area contributed by atoms with Crippen molar-refractivity contribution in [1.29, 1.82) is 0 Å². The summed E-state index contributed by atoms with van der Waals surface area (Å²) in [4.78, 5) is 0. The van der Waals surface area contributed by atoms with E-state index in [1.165, 1.54) is 0 Å². The van der Waals surface area contributed by atoms with Gasteiger partial charge in [0.2, 0.25) is 0 Å². The van der Waals surface area contributed by atoms with E-state index < -0.39 is 25.9 Å². The summed E-state index contributed by atoms with van der Waals surface area (Å²) < 4.78 is 83.5. The average Bonchev–Trinajstić information content (AvgIpc) is 1.52. The van der Waals surface area contributed by atoms with Crippen molar-refractivity contribution >= 4 is 20.4 Å². The van der Waals surface area contributed by atoms with Crippen LogP contribution in [-0.2, 0) is 20.4 Å². The van der Waals surface area contributed by atoms with Crippen molar-refractivity contribution in [3.8, 4) is 0 Å². The van der Waals surface area contributed by atoms with Crippen LogP contribution in [-0.4, -0.2) is 22.3 Å². The van der Waals surface area contributed by atoms with Gasteiger partial charge in [0.25, 0.3) is 0 Å². The van der Waals surface area contributed by atoms with Gasteiger partial charge in [0.1, 0.15) is 0 Å². The van der Waals surface area contributed by atoms with Crippen molar-refractivity contribution in [3.05, 3.63) is 0 Å². The molecule has 0 fully saturated rings. The van der Waals surface area contributed by atoms with E-state index in [1.807, 2.05) is 0 Å². The molecule has 5 nitrogen and oxygen atoms in total. The zero-order chi connectivity index (χ0) is 10.2. The van der Waals surface area contributed by atoms with E-state index in [4.69, 9.17) is 0 Å². The summed E-state index contributed by atoms with van der Waals surface area (Å²) in [6.45, 7) is 0.